The number of rotatable bonds is 3. The molecule has 1 aromatic carbocycles. The monoisotopic (exact) mass is 294 g/mol. The predicted octanol–water partition coefficient (Wildman–Crippen LogP) is 1.12. The number of phenols is 1. The highest BCUT2D eigenvalue weighted by Gasteiger charge is 2.32. The van der Waals surface area contributed by atoms with Crippen LogP contribution >= 0.6 is 0 Å². The summed E-state index contributed by atoms with van der Waals surface area (Å²) in [5.41, 5.74) is -0.313. The molecule has 2 heterocycles. The fourth-order valence-electron chi connectivity index (χ4n) is 3.04. The molecule has 114 valence electrons. The number of aromatic hydroxyl groups is 1. The number of hydrogen-bond acceptors (Lipinski definition) is 4. The lowest BCUT2D eigenvalue weighted by Gasteiger charge is -2.35. The van der Waals surface area contributed by atoms with Gasteiger partial charge in [0, 0.05) is 19.1 Å². The Bertz CT molecular complexity index is 517. The van der Waals surface area contributed by atoms with Crippen molar-refractivity contribution in [2.45, 2.75) is 25.0 Å². The van der Waals surface area contributed by atoms with Crippen molar-refractivity contribution < 1.29 is 19.0 Å². The van der Waals surface area contributed by atoms with Gasteiger partial charge in [0.05, 0.1) is 12.7 Å². The quantitative estimate of drug-likeness (QED) is 0.877. The third kappa shape index (κ3) is 3.01. The molecule has 21 heavy (non-hydrogen) atoms. The second kappa shape index (κ2) is 5.99. The smallest absolute Gasteiger partial charge is 0.258 e. The van der Waals surface area contributed by atoms with Crippen molar-refractivity contribution in [2.75, 3.05) is 26.2 Å². The summed E-state index contributed by atoms with van der Waals surface area (Å²) in [4.78, 5) is 14.4. The number of phenolic OH excluding ortho intramolecular Hbond substituents is 1. The Morgan fingerprint density at radius 1 is 1.52 bits per heavy atom. The summed E-state index contributed by atoms with van der Waals surface area (Å²) < 4.78 is 19.3. The van der Waals surface area contributed by atoms with Crippen LogP contribution in [0.3, 0.4) is 0 Å². The van der Waals surface area contributed by atoms with Gasteiger partial charge in [0.2, 0.25) is 0 Å². The van der Waals surface area contributed by atoms with E-state index in [1.165, 1.54) is 25.0 Å². The first-order valence-electron chi connectivity index (χ1n) is 7.26. The average molecular weight is 294 g/mol. The number of carbonyl (C=O) groups is 1. The molecule has 5 nitrogen and oxygen atoms in total. The van der Waals surface area contributed by atoms with E-state index in [1.54, 1.807) is 0 Å². The number of hydrogen-bond donors (Lipinski definition) is 2. The van der Waals surface area contributed by atoms with Crippen LogP contribution in [0.25, 0.3) is 0 Å². The van der Waals surface area contributed by atoms with E-state index in [2.05, 4.69) is 10.2 Å². The molecule has 0 aliphatic carbocycles. The van der Waals surface area contributed by atoms with E-state index in [0.29, 0.717) is 19.2 Å². The molecule has 0 radical (unpaired) electrons. The highest BCUT2D eigenvalue weighted by Crippen LogP contribution is 2.23. The Morgan fingerprint density at radius 2 is 2.38 bits per heavy atom. The summed E-state index contributed by atoms with van der Waals surface area (Å²) in [6, 6.07) is 4.32. The van der Waals surface area contributed by atoms with Crippen LogP contribution in [0.4, 0.5) is 4.39 Å². The largest absolute Gasteiger partial charge is 0.507 e. The highest BCUT2D eigenvalue weighted by atomic mass is 19.1. The van der Waals surface area contributed by atoms with Crippen molar-refractivity contribution in [3.05, 3.63) is 29.6 Å². The van der Waals surface area contributed by atoms with Crippen LogP contribution in [0.5, 0.6) is 5.75 Å². The predicted molar refractivity (Wildman–Crippen MR) is 74.7 cm³/mol. The van der Waals surface area contributed by atoms with E-state index in [0.717, 1.165) is 19.2 Å². The zero-order valence-corrected chi connectivity index (χ0v) is 11.7. The second-order valence-corrected chi connectivity index (χ2v) is 5.59. The fourth-order valence-corrected chi connectivity index (χ4v) is 3.04. The number of morpholine rings is 1. The van der Waals surface area contributed by atoms with E-state index >= 15 is 0 Å². The van der Waals surface area contributed by atoms with Crippen LogP contribution in [0.15, 0.2) is 18.2 Å². The van der Waals surface area contributed by atoms with E-state index in [4.69, 9.17) is 4.74 Å². The van der Waals surface area contributed by atoms with Crippen LogP contribution in [-0.2, 0) is 4.74 Å². The van der Waals surface area contributed by atoms with Crippen LogP contribution in [0, 0.1) is 5.82 Å². The summed E-state index contributed by atoms with van der Waals surface area (Å²) in [7, 11) is 0. The minimum Gasteiger partial charge on any atom is -0.507 e. The highest BCUT2D eigenvalue weighted by molar-refractivity contribution is 5.97. The molecule has 2 saturated heterocycles. The van der Waals surface area contributed by atoms with Gasteiger partial charge < -0.3 is 15.2 Å². The number of benzene rings is 1. The molecule has 6 heteroatoms. The summed E-state index contributed by atoms with van der Waals surface area (Å²) in [5, 5.41) is 12.2. The van der Waals surface area contributed by atoms with Crippen LogP contribution in [0.2, 0.25) is 0 Å². The van der Waals surface area contributed by atoms with Crippen molar-refractivity contribution >= 4 is 5.91 Å². The Kier molecular flexibility index (Phi) is 4.07. The van der Waals surface area contributed by atoms with E-state index in [1.807, 2.05) is 0 Å². The van der Waals surface area contributed by atoms with Gasteiger partial charge in [-0.25, -0.2) is 4.39 Å². The van der Waals surface area contributed by atoms with E-state index in [-0.39, 0.29) is 17.4 Å². The van der Waals surface area contributed by atoms with E-state index < -0.39 is 11.7 Å². The first-order valence-corrected chi connectivity index (χ1v) is 7.26. The standard InChI is InChI=1S/C15H19FN2O3/c16-12-4-1-5-13(19)14(12)15(20)17-7-11-8-18-6-2-3-10(18)9-21-11/h1,4-5,10-11,19H,2-3,6-9H2,(H,17,20). The molecule has 0 bridgehead atoms. The van der Waals surface area contributed by atoms with Crippen molar-refractivity contribution in [3.8, 4) is 5.75 Å². The molecule has 1 aromatic rings. The van der Waals surface area contributed by atoms with E-state index in [9.17, 15) is 14.3 Å². The van der Waals surface area contributed by atoms with Gasteiger partial charge in [-0.1, -0.05) is 6.07 Å². The molecule has 0 spiro atoms. The number of fused-ring (bicyclic) bond motifs is 1. The maximum absolute atomic E-state index is 13.6. The lowest BCUT2D eigenvalue weighted by atomic mass is 10.1. The van der Waals surface area contributed by atoms with Crippen LogP contribution in [-0.4, -0.2) is 54.3 Å². The van der Waals surface area contributed by atoms with Crippen molar-refractivity contribution in [3.63, 3.8) is 0 Å². The summed E-state index contributed by atoms with van der Waals surface area (Å²) in [6.07, 6.45) is 2.27. The minimum atomic E-state index is -0.725. The van der Waals surface area contributed by atoms with Gasteiger partial charge in [-0.2, -0.15) is 0 Å². The van der Waals surface area contributed by atoms with Gasteiger partial charge in [0.25, 0.3) is 5.91 Å². The number of amides is 1. The molecule has 2 aliphatic heterocycles. The number of carbonyl (C=O) groups excluding carboxylic acids is 1. The Morgan fingerprint density at radius 3 is 3.19 bits per heavy atom. The lowest BCUT2D eigenvalue weighted by Crippen LogP contribution is -2.50. The molecule has 2 fully saturated rings. The molecule has 2 atom stereocenters. The Balaban J connectivity index is 1.56. The molecule has 1 amide bonds. The van der Waals surface area contributed by atoms with Crippen molar-refractivity contribution in [2.24, 2.45) is 0 Å². The normalized spacial score (nSPS) is 25.6. The molecule has 2 N–H and O–H groups in total. The molecule has 0 saturated carbocycles. The summed E-state index contributed by atoms with van der Waals surface area (Å²) >= 11 is 0. The molecular weight excluding hydrogens is 275 g/mol. The molecule has 2 unspecified atom stereocenters. The maximum Gasteiger partial charge on any atom is 0.258 e. The fraction of sp³-hybridized carbons (Fsp3) is 0.533. The number of halogens is 1. The molecular formula is C15H19FN2O3. The number of nitrogens with zero attached hydrogens (tertiary/aromatic N) is 1. The van der Waals surface area contributed by atoms with Crippen molar-refractivity contribution in [1.29, 1.82) is 0 Å². The first-order chi connectivity index (χ1) is 10.1. The molecule has 3 rings (SSSR count). The number of ether oxygens (including phenoxy) is 1. The van der Waals surface area contributed by atoms with Gasteiger partial charge in [0.1, 0.15) is 17.1 Å². The van der Waals surface area contributed by atoms with Gasteiger partial charge in [-0.05, 0) is 31.5 Å². The second-order valence-electron chi connectivity index (χ2n) is 5.59. The average Bonchev–Trinajstić information content (AvgIpc) is 2.92. The van der Waals surface area contributed by atoms with Gasteiger partial charge >= 0.3 is 0 Å². The minimum absolute atomic E-state index is 0.0859. The third-order valence-electron chi connectivity index (χ3n) is 4.17. The zero-order valence-electron chi connectivity index (χ0n) is 11.7. The number of nitrogens with one attached hydrogen (secondary N) is 1. The van der Waals surface area contributed by atoms with Crippen molar-refractivity contribution in [1.82, 2.24) is 10.2 Å². The molecule has 0 aromatic heterocycles. The SMILES string of the molecule is O=C(NCC1CN2CCCC2CO1)c1c(O)cccc1F. The van der Waals surface area contributed by atoms with Gasteiger partial charge in [-0.15, -0.1) is 0 Å². The van der Waals surface area contributed by atoms with Crippen LogP contribution < -0.4 is 5.32 Å². The summed E-state index contributed by atoms with van der Waals surface area (Å²) in [5.74, 6) is -1.69. The third-order valence-corrected chi connectivity index (χ3v) is 4.17. The van der Waals surface area contributed by atoms with Gasteiger partial charge in [0.15, 0.2) is 0 Å². The topological polar surface area (TPSA) is 61.8 Å². The Labute approximate surface area is 122 Å². The molecule has 2 aliphatic rings. The van der Waals surface area contributed by atoms with Crippen LogP contribution in [0.1, 0.15) is 23.2 Å². The van der Waals surface area contributed by atoms with Gasteiger partial charge in [-0.3, -0.25) is 9.69 Å². The summed E-state index contributed by atoms with van der Waals surface area (Å²) in [6.45, 7) is 2.86. The lowest BCUT2D eigenvalue weighted by molar-refractivity contribution is -0.0462. The first kappa shape index (κ1) is 14.3. The Hall–Kier alpha value is -1.66. The maximum atomic E-state index is 13.6. The zero-order chi connectivity index (χ0) is 14.8.